The summed E-state index contributed by atoms with van der Waals surface area (Å²) in [5.41, 5.74) is 2.96. The Morgan fingerprint density at radius 3 is 2.90 bits per heavy atom. The van der Waals surface area contributed by atoms with Gasteiger partial charge in [0, 0.05) is 13.1 Å². The highest BCUT2D eigenvalue weighted by Gasteiger charge is 2.27. The van der Waals surface area contributed by atoms with E-state index in [1.165, 1.54) is 0 Å². The van der Waals surface area contributed by atoms with Gasteiger partial charge in [-0.05, 0) is 37.6 Å². The van der Waals surface area contributed by atoms with Crippen LogP contribution in [0, 0.1) is 11.3 Å². The lowest BCUT2D eigenvalue weighted by molar-refractivity contribution is 0.0299. The van der Waals surface area contributed by atoms with Crippen molar-refractivity contribution >= 4 is 5.69 Å². The van der Waals surface area contributed by atoms with Gasteiger partial charge in [-0.2, -0.15) is 5.26 Å². The lowest BCUT2D eigenvalue weighted by Gasteiger charge is -2.40. The minimum absolute atomic E-state index is 0.209. The third kappa shape index (κ3) is 3.75. The van der Waals surface area contributed by atoms with E-state index in [-0.39, 0.29) is 6.10 Å². The number of anilines is 1. The quantitative estimate of drug-likeness (QED) is 0.904. The summed E-state index contributed by atoms with van der Waals surface area (Å²) < 4.78 is 5.75. The zero-order valence-electron chi connectivity index (χ0n) is 13.2. The number of nitriles is 1. The smallest absolute Gasteiger partial charge is 0.101 e. The fourth-order valence-corrected chi connectivity index (χ4v) is 2.78. The molecule has 1 aromatic rings. The van der Waals surface area contributed by atoms with Crippen LogP contribution in [-0.2, 0) is 11.3 Å². The average molecular weight is 287 g/mol. The van der Waals surface area contributed by atoms with Crippen LogP contribution in [0.2, 0.25) is 0 Å². The van der Waals surface area contributed by atoms with Crippen molar-refractivity contribution in [2.75, 3.05) is 24.6 Å². The molecule has 0 saturated carbocycles. The van der Waals surface area contributed by atoms with Crippen molar-refractivity contribution in [2.24, 2.45) is 0 Å². The minimum atomic E-state index is 0.209. The first-order valence-electron chi connectivity index (χ1n) is 7.81. The lowest BCUT2D eigenvalue weighted by Crippen LogP contribution is -2.49. The van der Waals surface area contributed by atoms with Crippen LogP contribution in [0.25, 0.3) is 0 Å². The third-order valence-electron chi connectivity index (χ3n) is 4.01. The first-order chi connectivity index (χ1) is 10.2. The molecule has 2 atom stereocenters. The molecule has 21 heavy (non-hydrogen) atoms. The van der Waals surface area contributed by atoms with Crippen molar-refractivity contribution in [2.45, 2.75) is 45.9 Å². The topological polar surface area (TPSA) is 48.3 Å². The fourth-order valence-electron chi connectivity index (χ4n) is 2.78. The van der Waals surface area contributed by atoms with Gasteiger partial charge in [-0.25, -0.2) is 0 Å². The molecule has 2 unspecified atom stereocenters. The summed E-state index contributed by atoms with van der Waals surface area (Å²) in [6.45, 7) is 9.67. The molecular formula is C17H25N3O. The highest BCUT2D eigenvalue weighted by molar-refractivity contribution is 5.61. The molecule has 0 aromatic heterocycles. The predicted molar refractivity (Wildman–Crippen MR) is 85.4 cm³/mol. The SMILES string of the molecule is CCNCc1ccc(N2CC(C)OCC2CC)c(C#N)c1. The van der Waals surface area contributed by atoms with Gasteiger partial charge in [0.15, 0.2) is 0 Å². The molecular weight excluding hydrogens is 262 g/mol. The van der Waals surface area contributed by atoms with Crippen LogP contribution in [-0.4, -0.2) is 31.8 Å². The molecule has 0 radical (unpaired) electrons. The molecule has 0 amide bonds. The standard InChI is InChI=1S/C17H25N3O/c1-4-16-12-21-13(3)11-20(16)17-7-6-14(10-19-5-2)8-15(17)9-18/h6-8,13,16,19H,4-5,10-12H2,1-3H3. The van der Waals surface area contributed by atoms with Gasteiger partial charge in [-0.3, -0.25) is 0 Å². The Bertz CT molecular complexity index is 509. The van der Waals surface area contributed by atoms with E-state index in [0.717, 1.165) is 49.5 Å². The normalized spacial score (nSPS) is 22.1. The van der Waals surface area contributed by atoms with E-state index in [4.69, 9.17) is 4.74 Å². The Labute approximate surface area is 127 Å². The number of hydrogen-bond acceptors (Lipinski definition) is 4. The van der Waals surface area contributed by atoms with Crippen LogP contribution in [0.4, 0.5) is 5.69 Å². The highest BCUT2D eigenvalue weighted by Crippen LogP contribution is 2.27. The number of morpholine rings is 1. The summed E-state index contributed by atoms with van der Waals surface area (Å²) in [6, 6.07) is 8.92. The van der Waals surface area contributed by atoms with Crippen molar-refractivity contribution in [3.05, 3.63) is 29.3 Å². The van der Waals surface area contributed by atoms with Crippen LogP contribution >= 0.6 is 0 Å². The monoisotopic (exact) mass is 287 g/mol. The van der Waals surface area contributed by atoms with E-state index in [0.29, 0.717) is 6.04 Å². The second kappa shape index (κ2) is 7.44. The second-order valence-corrected chi connectivity index (χ2v) is 5.60. The number of hydrogen-bond donors (Lipinski definition) is 1. The molecule has 1 N–H and O–H groups in total. The molecule has 1 aliphatic heterocycles. The Balaban J connectivity index is 2.27. The van der Waals surface area contributed by atoms with Crippen LogP contribution in [0.15, 0.2) is 18.2 Å². The molecule has 114 valence electrons. The zero-order chi connectivity index (χ0) is 15.2. The minimum Gasteiger partial charge on any atom is -0.375 e. The van der Waals surface area contributed by atoms with Gasteiger partial charge >= 0.3 is 0 Å². The maximum Gasteiger partial charge on any atom is 0.101 e. The Morgan fingerprint density at radius 1 is 1.43 bits per heavy atom. The largest absolute Gasteiger partial charge is 0.375 e. The van der Waals surface area contributed by atoms with Crippen molar-refractivity contribution < 1.29 is 4.74 Å². The van der Waals surface area contributed by atoms with Crippen LogP contribution in [0.1, 0.15) is 38.3 Å². The van der Waals surface area contributed by atoms with Crippen molar-refractivity contribution in [3.8, 4) is 6.07 Å². The molecule has 4 nitrogen and oxygen atoms in total. The van der Waals surface area contributed by atoms with Gasteiger partial charge in [0.25, 0.3) is 0 Å². The third-order valence-corrected chi connectivity index (χ3v) is 4.01. The predicted octanol–water partition coefficient (Wildman–Crippen LogP) is 2.67. The first-order valence-corrected chi connectivity index (χ1v) is 7.81. The van der Waals surface area contributed by atoms with E-state index in [1.807, 2.05) is 6.07 Å². The molecule has 2 rings (SSSR count). The molecule has 1 fully saturated rings. The van der Waals surface area contributed by atoms with Crippen molar-refractivity contribution in [1.82, 2.24) is 5.32 Å². The summed E-state index contributed by atoms with van der Waals surface area (Å²) in [5, 5.41) is 12.8. The molecule has 1 aromatic carbocycles. The maximum absolute atomic E-state index is 9.50. The number of benzene rings is 1. The number of nitrogens with one attached hydrogen (secondary N) is 1. The summed E-state index contributed by atoms with van der Waals surface area (Å²) in [6.07, 6.45) is 1.23. The van der Waals surface area contributed by atoms with Gasteiger partial charge in [0.1, 0.15) is 6.07 Å². The molecule has 1 heterocycles. The van der Waals surface area contributed by atoms with Crippen molar-refractivity contribution in [1.29, 1.82) is 5.26 Å². The zero-order valence-corrected chi connectivity index (χ0v) is 13.2. The summed E-state index contributed by atoms with van der Waals surface area (Å²) in [7, 11) is 0. The number of nitrogens with zero attached hydrogens (tertiary/aromatic N) is 2. The molecule has 4 heteroatoms. The summed E-state index contributed by atoms with van der Waals surface area (Å²) in [5.74, 6) is 0. The average Bonchev–Trinajstić information content (AvgIpc) is 2.52. The Kier molecular flexibility index (Phi) is 5.60. The van der Waals surface area contributed by atoms with Gasteiger partial charge in [-0.1, -0.05) is 19.9 Å². The van der Waals surface area contributed by atoms with E-state index in [1.54, 1.807) is 0 Å². The van der Waals surface area contributed by atoms with E-state index >= 15 is 0 Å². The van der Waals surface area contributed by atoms with Crippen LogP contribution < -0.4 is 10.2 Å². The van der Waals surface area contributed by atoms with Gasteiger partial charge in [0.2, 0.25) is 0 Å². The lowest BCUT2D eigenvalue weighted by atomic mass is 10.0. The van der Waals surface area contributed by atoms with Gasteiger partial charge in [-0.15, -0.1) is 0 Å². The van der Waals surface area contributed by atoms with Gasteiger partial charge in [0.05, 0.1) is 30.0 Å². The Hall–Kier alpha value is -1.57. The van der Waals surface area contributed by atoms with Crippen LogP contribution in [0.5, 0.6) is 0 Å². The fraction of sp³-hybridized carbons (Fsp3) is 0.588. The second-order valence-electron chi connectivity index (χ2n) is 5.60. The maximum atomic E-state index is 9.50. The van der Waals surface area contributed by atoms with E-state index in [2.05, 4.69) is 49.2 Å². The molecule has 1 saturated heterocycles. The number of ether oxygens (including phenoxy) is 1. The number of rotatable bonds is 5. The van der Waals surface area contributed by atoms with E-state index in [9.17, 15) is 5.26 Å². The van der Waals surface area contributed by atoms with Gasteiger partial charge < -0.3 is 15.0 Å². The highest BCUT2D eigenvalue weighted by atomic mass is 16.5. The van der Waals surface area contributed by atoms with Crippen LogP contribution in [0.3, 0.4) is 0 Å². The van der Waals surface area contributed by atoms with Crippen molar-refractivity contribution in [3.63, 3.8) is 0 Å². The molecule has 0 aliphatic carbocycles. The molecule has 1 aliphatic rings. The molecule has 0 spiro atoms. The first kappa shape index (κ1) is 15.8. The summed E-state index contributed by atoms with van der Waals surface area (Å²) in [4.78, 5) is 2.34. The summed E-state index contributed by atoms with van der Waals surface area (Å²) >= 11 is 0. The van der Waals surface area contributed by atoms with E-state index < -0.39 is 0 Å². The Morgan fingerprint density at radius 2 is 2.24 bits per heavy atom. The molecule has 0 bridgehead atoms.